The van der Waals surface area contributed by atoms with Crippen LogP contribution in [0.5, 0.6) is 0 Å². The van der Waals surface area contributed by atoms with Gasteiger partial charge in [0, 0.05) is 24.0 Å². The molecule has 1 aromatic rings. The van der Waals surface area contributed by atoms with E-state index >= 15 is 0 Å². The third-order valence-electron chi connectivity index (χ3n) is 2.61. The lowest BCUT2D eigenvalue weighted by Crippen LogP contribution is -2.41. The summed E-state index contributed by atoms with van der Waals surface area (Å²) in [7, 11) is 2.12. The van der Waals surface area contributed by atoms with Crippen LogP contribution in [-0.2, 0) is 6.54 Å². The summed E-state index contributed by atoms with van der Waals surface area (Å²) in [5.41, 5.74) is 5.77. The van der Waals surface area contributed by atoms with Gasteiger partial charge in [0.1, 0.15) is 0 Å². The molecule has 0 fully saturated rings. The van der Waals surface area contributed by atoms with Gasteiger partial charge < -0.3 is 5.73 Å². The minimum atomic E-state index is 0.436. The SMILES string of the molecule is CC(C)C(CN)N(C)Cc1ccc(Cl)s1. The summed E-state index contributed by atoms with van der Waals surface area (Å²) in [6.07, 6.45) is 0. The molecule has 0 amide bonds. The van der Waals surface area contributed by atoms with E-state index in [0.717, 1.165) is 10.9 Å². The van der Waals surface area contributed by atoms with E-state index in [1.165, 1.54) is 4.88 Å². The molecule has 86 valence electrons. The van der Waals surface area contributed by atoms with Gasteiger partial charge in [0.25, 0.3) is 0 Å². The lowest BCUT2D eigenvalue weighted by Gasteiger charge is -2.29. The molecule has 0 aliphatic heterocycles. The fourth-order valence-electron chi connectivity index (χ4n) is 1.76. The van der Waals surface area contributed by atoms with Gasteiger partial charge in [-0.25, -0.2) is 0 Å². The Morgan fingerprint density at radius 2 is 2.13 bits per heavy atom. The highest BCUT2D eigenvalue weighted by Crippen LogP contribution is 2.23. The molecule has 1 heterocycles. The predicted octanol–water partition coefficient (Wildman–Crippen LogP) is 2.82. The number of nitrogens with two attached hydrogens (primary N) is 1. The fourth-order valence-corrected chi connectivity index (χ4v) is 2.91. The number of nitrogens with zero attached hydrogens (tertiary/aromatic N) is 1. The highest BCUT2D eigenvalue weighted by Gasteiger charge is 2.17. The summed E-state index contributed by atoms with van der Waals surface area (Å²) in [6, 6.07) is 4.46. The minimum Gasteiger partial charge on any atom is -0.329 e. The van der Waals surface area contributed by atoms with Crippen molar-refractivity contribution in [1.29, 1.82) is 0 Å². The lowest BCUT2D eigenvalue weighted by atomic mass is 10.0. The molecule has 0 spiro atoms. The second-order valence-electron chi connectivity index (χ2n) is 4.17. The van der Waals surface area contributed by atoms with Gasteiger partial charge in [0.2, 0.25) is 0 Å². The van der Waals surface area contributed by atoms with Gasteiger partial charge in [-0.3, -0.25) is 4.90 Å². The van der Waals surface area contributed by atoms with Gasteiger partial charge in [-0.05, 0) is 25.1 Å². The van der Waals surface area contributed by atoms with E-state index in [1.807, 2.05) is 6.07 Å². The maximum absolute atomic E-state index is 5.90. The van der Waals surface area contributed by atoms with E-state index in [-0.39, 0.29) is 0 Å². The highest BCUT2D eigenvalue weighted by molar-refractivity contribution is 7.16. The fraction of sp³-hybridized carbons (Fsp3) is 0.636. The predicted molar refractivity (Wildman–Crippen MR) is 68.5 cm³/mol. The van der Waals surface area contributed by atoms with Crippen molar-refractivity contribution < 1.29 is 0 Å². The van der Waals surface area contributed by atoms with Crippen LogP contribution in [0.4, 0.5) is 0 Å². The van der Waals surface area contributed by atoms with Gasteiger partial charge in [0.05, 0.1) is 4.34 Å². The minimum absolute atomic E-state index is 0.436. The maximum Gasteiger partial charge on any atom is 0.0931 e. The molecule has 0 saturated carbocycles. The van der Waals surface area contributed by atoms with E-state index in [1.54, 1.807) is 11.3 Å². The van der Waals surface area contributed by atoms with Crippen molar-refractivity contribution in [2.75, 3.05) is 13.6 Å². The summed E-state index contributed by atoms with van der Waals surface area (Å²) < 4.78 is 0.854. The molecule has 2 nitrogen and oxygen atoms in total. The zero-order chi connectivity index (χ0) is 11.4. The molecule has 1 aromatic heterocycles. The summed E-state index contributed by atoms with van der Waals surface area (Å²) in [6.45, 7) is 6.04. The molecule has 0 radical (unpaired) electrons. The average molecular weight is 247 g/mol. The summed E-state index contributed by atoms with van der Waals surface area (Å²) in [5, 5.41) is 0. The molecule has 1 atom stereocenters. The van der Waals surface area contributed by atoms with Gasteiger partial charge in [-0.1, -0.05) is 25.4 Å². The molecule has 0 aliphatic rings. The molecular formula is C11H19ClN2S. The first-order valence-corrected chi connectivity index (χ1v) is 6.38. The maximum atomic E-state index is 5.90. The molecule has 15 heavy (non-hydrogen) atoms. The molecule has 4 heteroatoms. The van der Waals surface area contributed by atoms with E-state index < -0.39 is 0 Å². The Morgan fingerprint density at radius 1 is 1.47 bits per heavy atom. The summed E-state index contributed by atoms with van der Waals surface area (Å²) >= 11 is 7.53. The van der Waals surface area contributed by atoms with Crippen LogP contribution >= 0.6 is 22.9 Å². The average Bonchev–Trinajstić information content (AvgIpc) is 2.51. The van der Waals surface area contributed by atoms with E-state index in [9.17, 15) is 0 Å². The molecule has 0 saturated heterocycles. The Bertz CT molecular complexity index is 299. The normalized spacial score (nSPS) is 13.8. The topological polar surface area (TPSA) is 29.3 Å². The highest BCUT2D eigenvalue weighted by atomic mass is 35.5. The van der Waals surface area contributed by atoms with Crippen molar-refractivity contribution in [1.82, 2.24) is 4.90 Å². The van der Waals surface area contributed by atoms with Gasteiger partial charge in [0.15, 0.2) is 0 Å². The van der Waals surface area contributed by atoms with Crippen molar-refractivity contribution in [3.05, 3.63) is 21.3 Å². The monoisotopic (exact) mass is 246 g/mol. The van der Waals surface area contributed by atoms with Gasteiger partial charge >= 0.3 is 0 Å². The molecule has 1 unspecified atom stereocenters. The first-order chi connectivity index (χ1) is 7.04. The molecular weight excluding hydrogens is 228 g/mol. The first kappa shape index (κ1) is 13.0. The van der Waals surface area contributed by atoms with Crippen molar-refractivity contribution in [3.63, 3.8) is 0 Å². The van der Waals surface area contributed by atoms with Crippen LogP contribution in [0.25, 0.3) is 0 Å². The van der Waals surface area contributed by atoms with Gasteiger partial charge in [-0.2, -0.15) is 0 Å². The number of likely N-dealkylation sites (N-methyl/N-ethyl adjacent to an activating group) is 1. The van der Waals surface area contributed by atoms with E-state index in [4.69, 9.17) is 17.3 Å². The second kappa shape index (κ2) is 5.85. The standard InChI is InChI=1S/C11H19ClN2S/c1-8(2)10(6-13)14(3)7-9-4-5-11(12)15-9/h4-5,8,10H,6-7,13H2,1-3H3. The van der Waals surface area contributed by atoms with Crippen LogP contribution in [0.3, 0.4) is 0 Å². The quantitative estimate of drug-likeness (QED) is 0.866. The van der Waals surface area contributed by atoms with Crippen LogP contribution < -0.4 is 5.73 Å². The second-order valence-corrected chi connectivity index (χ2v) is 5.97. The Morgan fingerprint density at radius 3 is 2.53 bits per heavy atom. The number of hydrogen-bond acceptors (Lipinski definition) is 3. The van der Waals surface area contributed by atoms with Crippen LogP contribution in [-0.4, -0.2) is 24.5 Å². The number of rotatable bonds is 5. The molecule has 0 aromatic carbocycles. The van der Waals surface area contributed by atoms with Crippen molar-refractivity contribution in [3.8, 4) is 0 Å². The summed E-state index contributed by atoms with van der Waals surface area (Å²) in [4.78, 5) is 3.59. The zero-order valence-electron chi connectivity index (χ0n) is 9.53. The van der Waals surface area contributed by atoms with Gasteiger partial charge in [-0.15, -0.1) is 11.3 Å². The molecule has 0 aliphatic carbocycles. The molecule has 1 rings (SSSR count). The van der Waals surface area contributed by atoms with Crippen LogP contribution in [0, 0.1) is 5.92 Å². The Balaban J connectivity index is 2.57. The Hall–Kier alpha value is -0.0900. The number of hydrogen-bond donors (Lipinski definition) is 1. The third kappa shape index (κ3) is 3.76. The lowest BCUT2D eigenvalue weighted by molar-refractivity contribution is 0.191. The third-order valence-corrected chi connectivity index (χ3v) is 3.83. The Labute approximate surface area is 101 Å². The molecule has 0 bridgehead atoms. The van der Waals surface area contributed by atoms with Crippen molar-refractivity contribution in [2.24, 2.45) is 11.7 Å². The van der Waals surface area contributed by atoms with Crippen LogP contribution in [0.2, 0.25) is 4.34 Å². The first-order valence-electron chi connectivity index (χ1n) is 5.19. The van der Waals surface area contributed by atoms with E-state index in [2.05, 4.69) is 31.9 Å². The van der Waals surface area contributed by atoms with Crippen molar-refractivity contribution in [2.45, 2.75) is 26.4 Å². The largest absolute Gasteiger partial charge is 0.329 e. The summed E-state index contributed by atoms with van der Waals surface area (Å²) in [5.74, 6) is 0.579. The Kier molecular flexibility index (Phi) is 5.06. The number of thiophene rings is 1. The smallest absolute Gasteiger partial charge is 0.0931 e. The number of halogens is 1. The van der Waals surface area contributed by atoms with Crippen molar-refractivity contribution >= 4 is 22.9 Å². The van der Waals surface area contributed by atoms with E-state index in [0.29, 0.717) is 18.5 Å². The zero-order valence-corrected chi connectivity index (χ0v) is 11.1. The van der Waals surface area contributed by atoms with Crippen LogP contribution in [0.15, 0.2) is 12.1 Å². The molecule has 2 N–H and O–H groups in total. The van der Waals surface area contributed by atoms with Crippen LogP contribution in [0.1, 0.15) is 18.7 Å².